The highest BCUT2D eigenvalue weighted by molar-refractivity contribution is 7.90. The summed E-state index contributed by atoms with van der Waals surface area (Å²) in [5.74, 6) is 6.42. The van der Waals surface area contributed by atoms with Crippen molar-refractivity contribution in [2.45, 2.75) is 23.5 Å². The number of aromatic nitrogens is 2. The van der Waals surface area contributed by atoms with Gasteiger partial charge in [0.2, 0.25) is 5.91 Å². The number of hydrogen-bond donors (Lipinski definition) is 2. The van der Waals surface area contributed by atoms with Gasteiger partial charge in [-0.1, -0.05) is 12.5 Å². The van der Waals surface area contributed by atoms with Crippen LogP contribution in [0.25, 0.3) is 11.7 Å². The minimum absolute atomic E-state index is 0.0469. The molecule has 1 fully saturated rings. The Bertz CT molecular complexity index is 1610. The molecule has 0 spiro atoms. The van der Waals surface area contributed by atoms with Crippen molar-refractivity contribution in [1.29, 1.82) is 0 Å². The molecule has 0 bridgehead atoms. The Morgan fingerprint density at radius 2 is 2.10 bits per heavy atom. The normalized spacial score (nSPS) is 17.2. The van der Waals surface area contributed by atoms with Crippen LogP contribution in [0.1, 0.15) is 17.8 Å². The van der Waals surface area contributed by atoms with Crippen LogP contribution in [0.5, 0.6) is 5.75 Å². The van der Waals surface area contributed by atoms with Gasteiger partial charge in [0, 0.05) is 25.1 Å². The molecule has 1 aliphatic heterocycles. The van der Waals surface area contributed by atoms with E-state index in [4.69, 9.17) is 9.72 Å². The lowest BCUT2D eigenvalue weighted by molar-refractivity contribution is -0.134. The number of halogens is 1. The second kappa shape index (κ2) is 12.6. The number of nitrogens with zero attached hydrogens (tertiary/aromatic N) is 4. The highest BCUT2D eigenvalue weighted by atomic mass is 32.2. The van der Waals surface area contributed by atoms with E-state index < -0.39 is 22.1 Å². The lowest BCUT2D eigenvalue weighted by atomic mass is 10.0. The molecule has 1 saturated heterocycles. The van der Waals surface area contributed by atoms with E-state index in [2.05, 4.69) is 29.1 Å². The standard InChI is InChI=1S/C29H35FN6O4S/c1-6-26-23(9-7-14-31-24-12-11-20(41(5,38)39)17-27(24)40-4)33-29-25(10-8-15-36(26)29)32-22-13-16-35(18-21(22)30)28(37)19-34(2)3/h6,8,10-12,15,17,21-22,31-32H,1,13-14,16,18-19H2,2-5H3/t21-,22+/m0/s1. The predicted molar refractivity (Wildman–Crippen MR) is 159 cm³/mol. The van der Waals surface area contributed by atoms with Crippen LogP contribution in [0.4, 0.5) is 15.8 Å². The summed E-state index contributed by atoms with van der Waals surface area (Å²) < 4.78 is 46.0. The zero-order valence-corrected chi connectivity index (χ0v) is 24.5. The summed E-state index contributed by atoms with van der Waals surface area (Å²) in [4.78, 5) is 20.6. The fourth-order valence-electron chi connectivity index (χ4n) is 4.67. The lowest BCUT2D eigenvalue weighted by Crippen LogP contribution is -2.51. The molecule has 0 radical (unpaired) electrons. The van der Waals surface area contributed by atoms with Crippen molar-refractivity contribution >= 4 is 38.8 Å². The van der Waals surface area contributed by atoms with Crippen molar-refractivity contribution in [3.63, 3.8) is 0 Å². The molecule has 1 aromatic carbocycles. The largest absolute Gasteiger partial charge is 0.495 e. The summed E-state index contributed by atoms with van der Waals surface area (Å²) in [5, 5.41) is 6.43. The zero-order chi connectivity index (χ0) is 29.7. The molecule has 12 heteroatoms. The van der Waals surface area contributed by atoms with Gasteiger partial charge in [-0.05, 0) is 56.8 Å². The number of imidazole rings is 1. The Morgan fingerprint density at radius 3 is 2.76 bits per heavy atom. The van der Waals surface area contributed by atoms with Crippen LogP contribution in [0.3, 0.4) is 0 Å². The number of methoxy groups -OCH3 is 1. The van der Waals surface area contributed by atoms with E-state index >= 15 is 4.39 Å². The second-order valence-corrected chi connectivity index (χ2v) is 12.1. The summed E-state index contributed by atoms with van der Waals surface area (Å²) >= 11 is 0. The zero-order valence-electron chi connectivity index (χ0n) is 23.6. The number of carbonyl (C=O) groups is 1. The van der Waals surface area contributed by atoms with Crippen molar-refractivity contribution < 1.29 is 22.3 Å². The second-order valence-electron chi connectivity index (χ2n) is 10.1. The van der Waals surface area contributed by atoms with Crippen LogP contribution in [0.15, 0.2) is 48.0 Å². The van der Waals surface area contributed by atoms with Gasteiger partial charge < -0.3 is 25.2 Å². The summed E-state index contributed by atoms with van der Waals surface area (Å²) in [6.07, 6.45) is 3.90. The van der Waals surface area contributed by atoms with Crippen LogP contribution in [0.2, 0.25) is 0 Å². The first kappa shape index (κ1) is 29.9. The molecule has 3 heterocycles. The minimum atomic E-state index is -3.36. The van der Waals surface area contributed by atoms with Gasteiger partial charge in [0.1, 0.15) is 17.6 Å². The number of piperidine rings is 1. The molecule has 1 aliphatic rings. The molecule has 2 N–H and O–H groups in total. The molecular formula is C29H35FN6O4S. The SMILES string of the molecule is C=Cc1c(C#CCNc2ccc(S(C)(=O)=O)cc2OC)nc2c(N[C@@H]3CCN(C(=O)CN(C)C)C[C@@H]3F)cccn12. The number of likely N-dealkylation sites (tertiary alicyclic amines) is 1. The number of pyridine rings is 1. The van der Waals surface area contributed by atoms with E-state index in [-0.39, 0.29) is 30.4 Å². The van der Waals surface area contributed by atoms with E-state index in [0.29, 0.717) is 47.1 Å². The van der Waals surface area contributed by atoms with Crippen LogP contribution in [0, 0.1) is 11.8 Å². The molecule has 0 saturated carbocycles. The van der Waals surface area contributed by atoms with Crippen molar-refractivity contribution in [2.75, 3.05) is 64.3 Å². The fourth-order valence-corrected chi connectivity index (χ4v) is 5.30. The molecule has 2 atom stereocenters. The van der Waals surface area contributed by atoms with E-state index in [1.807, 2.05) is 36.8 Å². The monoisotopic (exact) mass is 582 g/mol. The highest BCUT2D eigenvalue weighted by Crippen LogP contribution is 2.28. The van der Waals surface area contributed by atoms with Gasteiger partial charge in [0.25, 0.3) is 0 Å². The number of ether oxygens (including phenoxy) is 1. The van der Waals surface area contributed by atoms with Gasteiger partial charge in [-0.15, -0.1) is 0 Å². The molecule has 218 valence electrons. The van der Waals surface area contributed by atoms with E-state index in [1.165, 1.54) is 19.2 Å². The third-order valence-electron chi connectivity index (χ3n) is 6.74. The number of benzene rings is 1. The van der Waals surface area contributed by atoms with Crippen molar-refractivity contribution in [3.05, 3.63) is 54.5 Å². The third-order valence-corrected chi connectivity index (χ3v) is 7.85. The first-order chi connectivity index (χ1) is 19.5. The van der Waals surface area contributed by atoms with E-state index in [0.717, 1.165) is 6.26 Å². The average Bonchev–Trinajstić information content (AvgIpc) is 3.29. The van der Waals surface area contributed by atoms with Crippen molar-refractivity contribution in [2.24, 2.45) is 0 Å². The predicted octanol–water partition coefficient (Wildman–Crippen LogP) is 2.77. The van der Waals surface area contributed by atoms with E-state index in [1.54, 1.807) is 21.9 Å². The molecule has 3 aromatic rings. The molecule has 1 amide bonds. The van der Waals surface area contributed by atoms with Crippen LogP contribution < -0.4 is 15.4 Å². The van der Waals surface area contributed by atoms with Gasteiger partial charge in [-0.2, -0.15) is 0 Å². The number of amides is 1. The number of alkyl halides is 1. The fraction of sp³-hybridized carbons (Fsp3) is 0.379. The number of sulfone groups is 1. The van der Waals surface area contributed by atoms with Gasteiger partial charge in [-0.25, -0.2) is 17.8 Å². The number of hydrogen-bond acceptors (Lipinski definition) is 8. The molecule has 4 rings (SSSR count). The van der Waals surface area contributed by atoms with Crippen LogP contribution >= 0.6 is 0 Å². The van der Waals surface area contributed by atoms with Crippen LogP contribution in [-0.2, 0) is 14.6 Å². The summed E-state index contributed by atoms with van der Waals surface area (Å²) in [6, 6.07) is 7.83. The Balaban J connectivity index is 1.49. The Morgan fingerprint density at radius 1 is 1.32 bits per heavy atom. The van der Waals surface area contributed by atoms with Gasteiger partial charge >= 0.3 is 0 Å². The molecule has 41 heavy (non-hydrogen) atoms. The number of nitrogens with one attached hydrogen (secondary N) is 2. The number of anilines is 2. The number of rotatable bonds is 9. The smallest absolute Gasteiger partial charge is 0.236 e. The highest BCUT2D eigenvalue weighted by Gasteiger charge is 2.32. The summed E-state index contributed by atoms with van der Waals surface area (Å²) in [5.41, 5.74) is 3.08. The Labute approximate surface area is 240 Å². The van der Waals surface area contributed by atoms with E-state index in [9.17, 15) is 13.2 Å². The maximum Gasteiger partial charge on any atom is 0.236 e. The average molecular weight is 583 g/mol. The van der Waals surface area contributed by atoms with Gasteiger partial charge in [-0.3, -0.25) is 9.20 Å². The molecule has 2 aromatic heterocycles. The quantitative estimate of drug-likeness (QED) is 0.371. The Hall–Kier alpha value is -4.08. The summed E-state index contributed by atoms with van der Waals surface area (Å²) in [6.45, 7) is 4.94. The molecule has 0 aliphatic carbocycles. The first-order valence-corrected chi connectivity index (χ1v) is 15.0. The summed E-state index contributed by atoms with van der Waals surface area (Å²) in [7, 11) is 1.74. The molecular weight excluding hydrogens is 547 g/mol. The topological polar surface area (TPSA) is 108 Å². The Kier molecular flexibility index (Phi) is 9.20. The lowest BCUT2D eigenvalue weighted by Gasteiger charge is -2.36. The maximum atomic E-state index is 15.1. The number of likely N-dealkylation sites (N-methyl/N-ethyl adjacent to an activating group) is 1. The van der Waals surface area contributed by atoms with Gasteiger partial charge in [0.15, 0.2) is 15.5 Å². The number of fused-ring (bicyclic) bond motifs is 1. The third kappa shape index (κ3) is 6.99. The van der Waals surface area contributed by atoms with Crippen molar-refractivity contribution in [3.8, 4) is 17.6 Å². The van der Waals surface area contributed by atoms with Crippen molar-refractivity contribution in [1.82, 2.24) is 19.2 Å². The van der Waals surface area contributed by atoms with Gasteiger partial charge in [0.05, 0.1) is 54.8 Å². The van der Waals surface area contributed by atoms with Crippen LogP contribution in [-0.4, -0.2) is 99.4 Å². The first-order valence-electron chi connectivity index (χ1n) is 13.1. The molecule has 10 nitrogen and oxygen atoms in total. The minimum Gasteiger partial charge on any atom is -0.495 e. The molecule has 0 unspecified atom stereocenters. The maximum absolute atomic E-state index is 15.1. The number of carbonyl (C=O) groups excluding carboxylic acids is 1.